The third kappa shape index (κ3) is 3.31. The highest BCUT2D eigenvalue weighted by Crippen LogP contribution is 2.30. The molecular weight excluding hydrogens is 246 g/mol. The highest BCUT2D eigenvalue weighted by Gasteiger charge is 2.29. The Morgan fingerprint density at radius 2 is 1.89 bits per heavy atom. The minimum Gasteiger partial charge on any atom is -0.329 e. The zero-order chi connectivity index (χ0) is 14.0. The number of hydrogen-bond donors (Lipinski definition) is 1. The lowest BCUT2D eigenvalue weighted by atomic mass is 9.90. The van der Waals surface area contributed by atoms with E-state index in [2.05, 4.69) is 18.7 Å². The fraction of sp³-hybridized carbons (Fsp3) is 0.600. The zero-order valence-corrected chi connectivity index (χ0v) is 11.6. The van der Waals surface area contributed by atoms with E-state index < -0.39 is 11.6 Å². The molecule has 2 nitrogen and oxygen atoms in total. The van der Waals surface area contributed by atoms with Crippen molar-refractivity contribution in [2.45, 2.75) is 38.8 Å². The van der Waals surface area contributed by atoms with Gasteiger partial charge in [0.25, 0.3) is 0 Å². The quantitative estimate of drug-likeness (QED) is 0.912. The lowest BCUT2D eigenvalue weighted by Crippen LogP contribution is -2.45. The molecule has 1 aliphatic heterocycles. The fourth-order valence-corrected chi connectivity index (χ4v) is 3.12. The summed E-state index contributed by atoms with van der Waals surface area (Å²) in [6.45, 7) is 5.71. The first kappa shape index (κ1) is 14.4. The van der Waals surface area contributed by atoms with E-state index in [1.165, 1.54) is 12.1 Å². The van der Waals surface area contributed by atoms with E-state index in [1.807, 2.05) is 0 Å². The molecule has 0 amide bonds. The Bertz CT molecular complexity index is 416. The van der Waals surface area contributed by atoms with Crippen LogP contribution in [0.3, 0.4) is 0 Å². The third-order valence-electron chi connectivity index (χ3n) is 4.08. The average Bonchev–Trinajstić information content (AvgIpc) is 2.31. The summed E-state index contributed by atoms with van der Waals surface area (Å²) in [7, 11) is 0. The van der Waals surface area contributed by atoms with Crippen LogP contribution in [0.2, 0.25) is 0 Å². The molecule has 3 unspecified atom stereocenters. The number of halogens is 2. The molecule has 2 rings (SSSR count). The molecule has 1 fully saturated rings. The van der Waals surface area contributed by atoms with Crippen molar-refractivity contribution >= 4 is 0 Å². The molecule has 0 aliphatic carbocycles. The van der Waals surface area contributed by atoms with Crippen LogP contribution in [0.5, 0.6) is 0 Å². The van der Waals surface area contributed by atoms with Gasteiger partial charge in [0.05, 0.1) is 0 Å². The number of rotatable bonds is 3. The van der Waals surface area contributed by atoms with Gasteiger partial charge in [-0.15, -0.1) is 0 Å². The van der Waals surface area contributed by atoms with Gasteiger partial charge in [0.15, 0.2) is 0 Å². The monoisotopic (exact) mass is 268 g/mol. The van der Waals surface area contributed by atoms with Crippen LogP contribution in [0.25, 0.3) is 0 Å². The van der Waals surface area contributed by atoms with E-state index in [0.29, 0.717) is 24.1 Å². The Morgan fingerprint density at radius 3 is 2.42 bits per heavy atom. The van der Waals surface area contributed by atoms with E-state index in [0.717, 1.165) is 25.5 Å². The van der Waals surface area contributed by atoms with Gasteiger partial charge in [0, 0.05) is 24.7 Å². The van der Waals surface area contributed by atoms with Crippen LogP contribution in [0.4, 0.5) is 8.78 Å². The van der Waals surface area contributed by atoms with Crippen LogP contribution >= 0.6 is 0 Å². The largest absolute Gasteiger partial charge is 0.329 e. The molecule has 0 bridgehead atoms. The Labute approximate surface area is 113 Å². The van der Waals surface area contributed by atoms with Gasteiger partial charge in [-0.1, -0.05) is 6.92 Å². The molecule has 1 aromatic rings. The predicted molar refractivity (Wildman–Crippen MR) is 72.7 cm³/mol. The van der Waals surface area contributed by atoms with Gasteiger partial charge >= 0.3 is 0 Å². The molecule has 3 atom stereocenters. The van der Waals surface area contributed by atoms with Crippen molar-refractivity contribution in [3.63, 3.8) is 0 Å². The van der Waals surface area contributed by atoms with Gasteiger partial charge in [0.2, 0.25) is 0 Å². The van der Waals surface area contributed by atoms with Crippen LogP contribution < -0.4 is 5.73 Å². The van der Waals surface area contributed by atoms with E-state index in [-0.39, 0.29) is 6.04 Å². The number of piperidine rings is 1. The van der Waals surface area contributed by atoms with Crippen molar-refractivity contribution in [3.05, 3.63) is 35.4 Å². The molecule has 0 saturated carbocycles. The standard InChI is InChI=1S/C15H22F2N2/c1-10-3-4-19(11(2)5-10)15(9-18)12-6-13(16)8-14(17)7-12/h6-8,10-11,15H,3-5,9,18H2,1-2H3. The topological polar surface area (TPSA) is 29.3 Å². The van der Waals surface area contributed by atoms with Crippen molar-refractivity contribution in [2.24, 2.45) is 11.7 Å². The van der Waals surface area contributed by atoms with Crippen LogP contribution in [-0.2, 0) is 0 Å². The highest BCUT2D eigenvalue weighted by atomic mass is 19.1. The second-order valence-corrected chi connectivity index (χ2v) is 5.67. The number of benzene rings is 1. The lowest BCUT2D eigenvalue weighted by molar-refractivity contribution is 0.0844. The maximum absolute atomic E-state index is 13.4. The molecule has 1 heterocycles. The maximum atomic E-state index is 13.4. The van der Waals surface area contributed by atoms with Crippen molar-refractivity contribution in [1.82, 2.24) is 4.90 Å². The first-order valence-electron chi connectivity index (χ1n) is 6.93. The SMILES string of the molecule is CC1CCN(C(CN)c2cc(F)cc(F)c2)C(C)C1. The number of nitrogens with two attached hydrogens (primary N) is 1. The summed E-state index contributed by atoms with van der Waals surface area (Å²) in [4.78, 5) is 2.27. The minimum atomic E-state index is -0.536. The van der Waals surface area contributed by atoms with Crippen molar-refractivity contribution in [1.29, 1.82) is 0 Å². The summed E-state index contributed by atoms with van der Waals surface area (Å²) in [5.41, 5.74) is 6.49. The average molecular weight is 268 g/mol. The summed E-state index contributed by atoms with van der Waals surface area (Å²) < 4.78 is 26.7. The predicted octanol–water partition coefficient (Wildman–Crippen LogP) is 3.09. The summed E-state index contributed by atoms with van der Waals surface area (Å²) in [6.07, 6.45) is 2.22. The zero-order valence-electron chi connectivity index (χ0n) is 11.6. The summed E-state index contributed by atoms with van der Waals surface area (Å²) >= 11 is 0. The van der Waals surface area contributed by atoms with Gasteiger partial charge in [-0.05, 0) is 49.9 Å². The van der Waals surface area contributed by atoms with Gasteiger partial charge in [-0.25, -0.2) is 8.78 Å². The number of likely N-dealkylation sites (tertiary alicyclic amines) is 1. The Kier molecular flexibility index (Phi) is 4.53. The molecule has 1 aromatic carbocycles. The second kappa shape index (κ2) is 5.97. The molecule has 0 spiro atoms. The van der Waals surface area contributed by atoms with E-state index in [4.69, 9.17) is 5.73 Å². The highest BCUT2D eigenvalue weighted by molar-refractivity contribution is 5.22. The van der Waals surface area contributed by atoms with Crippen molar-refractivity contribution in [2.75, 3.05) is 13.1 Å². The normalized spacial score (nSPS) is 26.4. The lowest BCUT2D eigenvalue weighted by Gasteiger charge is -2.41. The maximum Gasteiger partial charge on any atom is 0.126 e. The van der Waals surface area contributed by atoms with Crippen molar-refractivity contribution < 1.29 is 8.78 Å². The number of nitrogens with zero attached hydrogens (tertiary/aromatic N) is 1. The summed E-state index contributed by atoms with van der Waals surface area (Å²) in [6, 6.07) is 3.98. The molecule has 2 N–H and O–H groups in total. The van der Waals surface area contributed by atoms with Gasteiger partial charge in [-0.3, -0.25) is 4.90 Å². The number of hydrogen-bond acceptors (Lipinski definition) is 2. The summed E-state index contributed by atoms with van der Waals surface area (Å²) in [5, 5.41) is 0. The Morgan fingerprint density at radius 1 is 1.26 bits per heavy atom. The molecular formula is C15H22F2N2. The van der Waals surface area contributed by atoms with Crippen LogP contribution in [0.1, 0.15) is 38.3 Å². The van der Waals surface area contributed by atoms with Crippen LogP contribution in [0, 0.1) is 17.6 Å². The van der Waals surface area contributed by atoms with Crippen molar-refractivity contribution in [3.8, 4) is 0 Å². The third-order valence-corrected chi connectivity index (χ3v) is 4.08. The van der Waals surface area contributed by atoms with E-state index >= 15 is 0 Å². The first-order valence-corrected chi connectivity index (χ1v) is 6.93. The van der Waals surface area contributed by atoms with Gasteiger partial charge in [0.1, 0.15) is 11.6 Å². The van der Waals surface area contributed by atoms with E-state index in [1.54, 1.807) is 0 Å². The first-order chi connectivity index (χ1) is 9.01. The molecule has 106 valence electrons. The van der Waals surface area contributed by atoms with Crippen LogP contribution in [-0.4, -0.2) is 24.0 Å². The molecule has 4 heteroatoms. The Balaban J connectivity index is 2.23. The fourth-order valence-electron chi connectivity index (χ4n) is 3.12. The Hall–Kier alpha value is -1.00. The van der Waals surface area contributed by atoms with Crippen LogP contribution in [0.15, 0.2) is 18.2 Å². The molecule has 19 heavy (non-hydrogen) atoms. The van der Waals surface area contributed by atoms with Gasteiger partial charge in [-0.2, -0.15) is 0 Å². The summed E-state index contributed by atoms with van der Waals surface area (Å²) in [5.74, 6) is -0.369. The second-order valence-electron chi connectivity index (χ2n) is 5.67. The molecule has 1 saturated heterocycles. The minimum absolute atomic E-state index is 0.104. The smallest absolute Gasteiger partial charge is 0.126 e. The molecule has 0 radical (unpaired) electrons. The van der Waals surface area contributed by atoms with Gasteiger partial charge < -0.3 is 5.73 Å². The molecule has 1 aliphatic rings. The van der Waals surface area contributed by atoms with E-state index in [9.17, 15) is 8.78 Å². The molecule has 0 aromatic heterocycles.